The number of nitrogens with zero attached hydrogens (tertiary/aromatic N) is 1. The summed E-state index contributed by atoms with van der Waals surface area (Å²) in [5.41, 5.74) is 0.262. The van der Waals surface area contributed by atoms with Gasteiger partial charge in [-0.25, -0.2) is 4.39 Å². The second-order valence-corrected chi connectivity index (χ2v) is 5.52. The third kappa shape index (κ3) is 3.80. The van der Waals surface area contributed by atoms with E-state index >= 15 is 0 Å². The normalized spacial score (nSPS) is 19.3. The predicted molar refractivity (Wildman–Crippen MR) is 76.9 cm³/mol. The Bertz CT molecular complexity index is 544. The maximum atomic E-state index is 13.6. The summed E-state index contributed by atoms with van der Waals surface area (Å²) in [6.07, 6.45) is 2.24. The first-order valence-corrected chi connectivity index (χ1v) is 7.15. The number of carbonyl (C=O) groups is 2. The molecule has 1 aliphatic heterocycles. The third-order valence-electron chi connectivity index (χ3n) is 3.90. The average molecular weight is 293 g/mol. The summed E-state index contributed by atoms with van der Waals surface area (Å²) in [7, 11) is 1.37. The van der Waals surface area contributed by atoms with E-state index in [0.717, 1.165) is 18.9 Å². The molecule has 1 amide bonds. The van der Waals surface area contributed by atoms with Crippen molar-refractivity contribution >= 4 is 11.7 Å². The predicted octanol–water partition coefficient (Wildman–Crippen LogP) is 2.67. The minimum Gasteiger partial charge on any atom is -0.494 e. The highest BCUT2D eigenvalue weighted by atomic mass is 19.1. The number of halogens is 1. The van der Waals surface area contributed by atoms with E-state index in [0.29, 0.717) is 18.9 Å². The zero-order valence-corrected chi connectivity index (χ0v) is 12.4. The van der Waals surface area contributed by atoms with Crippen molar-refractivity contribution in [3.8, 4) is 5.75 Å². The van der Waals surface area contributed by atoms with Gasteiger partial charge >= 0.3 is 0 Å². The fourth-order valence-corrected chi connectivity index (χ4v) is 2.44. The van der Waals surface area contributed by atoms with Crippen LogP contribution in [-0.4, -0.2) is 36.8 Å². The van der Waals surface area contributed by atoms with Gasteiger partial charge in [-0.15, -0.1) is 0 Å². The highest BCUT2D eigenvalue weighted by Gasteiger charge is 2.23. The molecule has 0 bridgehead atoms. The molecule has 1 aliphatic rings. The summed E-state index contributed by atoms with van der Waals surface area (Å²) in [6.45, 7) is 2.71. The second kappa shape index (κ2) is 6.70. The topological polar surface area (TPSA) is 46.6 Å². The van der Waals surface area contributed by atoms with Crippen LogP contribution in [0.2, 0.25) is 0 Å². The van der Waals surface area contributed by atoms with Gasteiger partial charge in [-0.2, -0.15) is 0 Å². The minimum absolute atomic E-state index is 0.00156. The van der Waals surface area contributed by atoms with Gasteiger partial charge < -0.3 is 9.64 Å². The summed E-state index contributed by atoms with van der Waals surface area (Å²) < 4.78 is 18.4. The molecule has 1 aromatic rings. The van der Waals surface area contributed by atoms with Crippen LogP contribution in [-0.2, 0) is 4.79 Å². The lowest BCUT2D eigenvalue weighted by atomic mass is 10.0. The molecule has 1 fully saturated rings. The number of ketones is 1. The number of amides is 1. The number of hydrogen-bond donors (Lipinski definition) is 0. The van der Waals surface area contributed by atoms with Crippen LogP contribution in [0, 0.1) is 11.7 Å². The Morgan fingerprint density at radius 2 is 2.19 bits per heavy atom. The number of ether oxygens (including phenoxy) is 1. The molecule has 1 saturated heterocycles. The molecule has 0 N–H and O–H groups in total. The Balaban J connectivity index is 2.06. The fourth-order valence-electron chi connectivity index (χ4n) is 2.44. The molecular weight excluding hydrogens is 273 g/mol. The van der Waals surface area contributed by atoms with Crippen LogP contribution < -0.4 is 4.74 Å². The molecule has 0 spiro atoms. The summed E-state index contributed by atoms with van der Waals surface area (Å²) in [4.78, 5) is 25.8. The first kappa shape index (κ1) is 15.5. The van der Waals surface area contributed by atoms with Crippen molar-refractivity contribution in [1.29, 1.82) is 0 Å². The van der Waals surface area contributed by atoms with Crippen LogP contribution in [0.1, 0.15) is 36.5 Å². The number of Topliss-reactive ketones (excluding diaryl/α,β-unsaturated/α-hetero) is 1. The lowest BCUT2D eigenvalue weighted by Crippen LogP contribution is -2.35. The number of benzene rings is 1. The van der Waals surface area contributed by atoms with Crippen LogP contribution in [0.25, 0.3) is 0 Å². The van der Waals surface area contributed by atoms with E-state index in [9.17, 15) is 14.0 Å². The lowest BCUT2D eigenvalue weighted by Gasteiger charge is -2.19. The van der Waals surface area contributed by atoms with Crippen molar-refractivity contribution in [3.05, 3.63) is 29.6 Å². The van der Waals surface area contributed by atoms with Crippen molar-refractivity contribution < 1.29 is 18.7 Å². The molecule has 1 unspecified atom stereocenters. The van der Waals surface area contributed by atoms with Crippen LogP contribution >= 0.6 is 0 Å². The van der Waals surface area contributed by atoms with E-state index < -0.39 is 5.82 Å². The smallest absolute Gasteiger partial charge is 0.222 e. The van der Waals surface area contributed by atoms with Crippen molar-refractivity contribution in [2.75, 3.05) is 20.2 Å². The Labute approximate surface area is 123 Å². The molecule has 4 nitrogen and oxygen atoms in total. The summed E-state index contributed by atoms with van der Waals surface area (Å²) in [6, 6.07) is 4.11. The van der Waals surface area contributed by atoms with E-state index in [1.165, 1.54) is 19.2 Å². The molecule has 114 valence electrons. The van der Waals surface area contributed by atoms with Crippen LogP contribution in [0.3, 0.4) is 0 Å². The molecule has 5 heteroatoms. The van der Waals surface area contributed by atoms with Crippen molar-refractivity contribution in [3.63, 3.8) is 0 Å². The lowest BCUT2D eigenvalue weighted by molar-refractivity contribution is -0.130. The maximum Gasteiger partial charge on any atom is 0.222 e. The zero-order valence-electron chi connectivity index (χ0n) is 12.4. The quantitative estimate of drug-likeness (QED) is 0.802. The van der Waals surface area contributed by atoms with Gasteiger partial charge in [0.05, 0.1) is 13.7 Å². The maximum absolute atomic E-state index is 13.6. The van der Waals surface area contributed by atoms with Crippen LogP contribution in [0.15, 0.2) is 18.2 Å². The summed E-state index contributed by atoms with van der Waals surface area (Å²) >= 11 is 0. The number of rotatable bonds is 4. The third-order valence-corrected chi connectivity index (χ3v) is 3.90. The number of methoxy groups -OCH3 is 1. The van der Waals surface area contributed by atoms with Crippen LogP contribution in [0.5, 0.6) is 5.75 Å². The van der Waals surface area contributed by atoms with E-state index in [1.807, 2.05) is 0 Å². The first-order chi connectivity index (χ1) is 10.0. The Hall–Kier alpha value is -1.91. The van der Waals surface area contributed by atoms with Gasteiger partial charge in [-0.1, -0.05) is 6.92 Å². The van der Waals surface area contributed by atoms with Gasteiger partial charge in [0.1, 0.15) is 0 Å². The number of carbonyl (C=O) groups excluding carboxylic acids is 2. The van der Waals surface area contributed by atoms with Gasteiger partial charge in [-0.3, -0.25) is 9.59 Å². The largest absolute Gasteiger partial charge is 0.494 e. The van der Waals surface area contributed by atoms with Gasteiger partial charge in [0.15, 0.2) is 17.3 Å². The molecule has 0 aromatic heterocycles. The van der Waals surface area contributed by atoms with Gasteiger partial charge in [0, 0.05) is 18.5 Å². The molecule has 21 heavy (non-hydrogen) atoms. The Morgan fingerprint density at radius 3 is 2.86 bits per heavy atom. The highest BCUT2D eigenvalue weighted by molar-refractivity contribution is 5.99. The van der Waals surface area contributed by atoms with Crippen molar-refractivity contribution in [1.82, 2.24) is 4.90 Å². The first-order valence-electron chi connectivity index (χ1n) is 7.15. The summed E-state index contributed by atoms with van der Waals surface area (Å²) in [5.74, 6) is -0.223. The Kier molecular flexibility index (Phi) is 4.94. The van der Waals surface area contributed by atoms with Gasteiger partial charge in [-0.05, 0) is 37.0 Å². The van der Waals surface area contributed by atoms with Crippen molar-refractivity contribution in [2.24, 2.45) is 5.92 Å². The zero-order chi connectivity index (χ0) is 15.4. The molecule has 0 saturated carbocycles. The van der Waals surface area contributed by atoms with E-state index in [-0.39, 0.29) is 29.5 Å². The van der Waals surface area contributed by atoms with Gasteiger partial charge in [0.2, 0.25) is 5.91 Å². The second-order valence-electron chi connectivity index (χ2n) is 5.52. The van der Waals surface area contributed by atoms with Gasteiger partial charge in [0.25, 0.3) is 0 Å². The van der Waals surface area contributed by atoms with Crippen molar-refractivity contribution in [2.45, 2.75) is 26.2 Å². The molecule has 1 aromatic carbocycles. The minimum atomic E-state index is -0.570. The number of likely N-dealkylation sites (tertiary alicyclic amines) is 1. The Morgan fingerprint density at radius 1 is 1.43 bits per heavy atom. The molecule has 2 rings (SSSR count). The molecule has 1 atom stereocenters. The monoisotopic (exact) mass is 293 g/mol. The summed E-state index contributed by atoms with van der Waals surface area (Å²) in [5, 5.41) is 0. The highest BCUT2D eigenvalue weighted by Crippen LogP contribution is 2.20. The van der Waals surface area contributed by atoms with E-state index in [4.69, 9.17) is 4.74 Å². The average Bonchev–Trinajstić information content (AvgIpc) is 2.62. The molecule has 0 aliphatic carbocycles. The SMILES string of the molecule is COc1ccc(C(=O)CN2CCC(C)CCC2=O)cc1F. The standard InChI is InChI=1S/C16H20FNO3/c1-11-3-6-16(20)18(8-7-11)10-14(19)12-4-5-15(21-2)13(17)9-12/h4-5,9,11H,3,6-8,10H2,1-2H3. The van der Waals surface area contributed by atoms with Crippen LogP contribution in [0.4, 0.5) is 4.39 Å². The van der Waals surface area contributed by atoms with E-state index in [2.05, 4.69) is 6.92 Å². The molecular formula is C16H20FNO3. The molecule has 1 heterocycles. The fraction of sp³-hybridized carbons (Fsp3) is 0.500. The van der Waals surface area contributed by atoms with E-state index in [1.54, 1.807) is 4.90 Å². The number of hydrogen-bond acceptors (Lipinski definition) is 3. The molecule has 0 radical (unpaired) electrons.